The van der Waals surface area contributed by atoms with Gasteiger partial charge in [-0.15, -0.1) is 0 Å². The van der Waals surface area contributed by atoms with Gasteiger partial charge in [0.2, 0.25) is 0 Å². The van der Waals surface area contributed by atoms with Crippen molar-refractivity contribution in [3.05, 3.63) is 35.9 Å². The van der Waals surface area contributed by atoms with Crippen LogP contribution in [-0.4, -0.2) is 38.1 Å². The van der Waals surface area contributed by atoms with E-state index in [1.54, 1.807) is 0 Å². The zero-order valence-electron chi connectivity index (χ0n) is 13.8. The molecule has 0 saturated carbocycles. The maximum Gasteiger partial charge on any atom is 0.0176 e. The number of hydrogen-bond acceptors (Lipinski definition) is 2. The van der Waals surface area contributed by atoms with Crippen molar-refractivity contribution in [2.24, 2.45) is 0 Å². The monoisotopic (exact) mass is 276 g/mol. The Hall–Kier alpha value is -0.860. The van der Waals surface area contributed by atoms with E-state index in [0.717, 1.165) is 19.6 Å². The van der Waals surface area contributed by atoms with E-state index in [4.69, 9.17) is 0 Å². The third-order valence-electron chi connectivity index (χ3n) is 4.00. The fourth-order valence-electron chi connectivity index (χ4n) is 2.80. The molecule has 0 saturated heterocycles. The first-order chi connectivity index (χ1) is 9.62. The largest absolute Gasteiger partial charge is 0.316 e. The van der Waals surface area contributed by atoms with Gasteiger partial charge in [0.1, 0.15) is 0 Å². The fourth-order valence-corrected chi connectivity index (χ4v) is 2.80. The van der Waals surface area contributed by atoms with Crippen LogP contribution in [0.3, 0.4) is 0 Å². The lowest BCUT2D eigenvalue weighted by molar-refractivity contribution is 0.246. The van der Waals surface area contributed by atoms with E-state index in [1.807, 2.05) is 0 Å². The second-order valence-corrected chi connectivity index (χ2v) is 6.15. The molecular formula is C18H32N2. The minimum atomic E-state index is 0.179. The summed E-state index contributed by atoms with van der Waals surface area (Å²) in [7, 11) is 2.25. The molecule has 1 aromatic carbocycles. The van der Waals surface area contributed by atoms with Gasteiger partial charge in [0.25, 0.3) is 0 Å². The van der Waals surface area contributed by atoms with Crippen molar-refractivity contribution in [1.82, 2.24) is 10.2 Å². The van der Waals surface area contributed by atoms with Crippen molar-refractivity contribution in [2.75, 3.05) is 33.2 Å². The molecule has 2 heteroatoms. The van der Waals surface area contributed by atoms with Crippen LogP contribution >= 0.6 is 0 Å². The summed E-state index contributed by atoms with van der Waals surface area (Å²) in [6.45, 7) is 11.2. The van der Waals surface area contributed by atoms with Gasteiger partial charge < -0.3 is 10.2 Å². The second-order valence-electron chi connectivity index (χ2n) is 6.15. The summed E-state index contributed by atoms with van der Waals surface area (Å²) in [5.41, 5.74) is 1.61. The van der Waals surface area contributed by atoms with Crippen LogP contribution in [-0.2, 0) is 5.41 Å². The highest BCUT2D eigenvalue weighted by Gasteiger charge is 2.27. The van der Waals surface area contributed by atoms with Crippen LogP contribution in [0.5, 0.6) is 0 Å². The number of rotatable bonds is 10. The molecule has 0 radical (unpaired) electrons. The lowest BCUT2D eigenvalue weighted by atomic mass is 9.81. The molecule has 20 heavy (non-hydrogen) atoms. The first-order valence-corrected chi connectivity index (χ1v) is 8.07. The molecule has 1 aromatic rings. The normalized spacial score (nSPS) is 14.4. The lowest BCUT2D eigenvalue weighted by Gasteiger charge is -2.35. The minimum Gasteiger partial charge on any atom is -0.316 e. The van der Waals surface area contributed by atoms with Gasteiger partial charge in [0.15, 0.2) is 0 Å². The first kappa shape index (κ1) is 17.2. The topological polar surface area (TPSA) is 15.3 Å². The van der Waals surface area contributed by atoms with Crippen LogP contribution in [0.4, 0.5) is 0 Å². The van der Waals surface area contributed by atoms with Gasteiger partial charge in [0, 0.05) is 18.5 Å². The van der Waals surface area contributed by atoms with E-state index in [1.165, 1.54) is 31.4 Å². The van der Waals surface area contributed by atoms with Gasteiger partial charge >= 0.3 is 0 Å². The van der Waals surface area contributed by atoms with Crippen LogP contribution in [0.15, 0.2) is 30.3 Å². The summed E-state index contributed by atoms with van der Waals surface area (Å²) in [6.07, 6.45) is 3.93. The van der Waals surface area contributed by atoms with E-state index in [0.29, 0.717) is 0 Å². The Morgan fingerprint density at radius 1 is 1.10 bits per heavy atom. The third-order valence-corrected chi connectivity index (χ3v) is 4.00. The van der Waals surface area contributed by atoms with Crippen molar-refractivity contribution in [3.8, 4) is 0 Å². The SMILES string of the molecule is CCCCCN(C)CC(C)(CNCC)c1ccccc1. The molecule has 0 fully saturated rings. The third kappa shape index (κ3) is 5.64. The van der Waals surface area contributed by atoms with Gasteiger partial charge in [-0.3, -0.25) is 0 Å². The smallest absolute Gasteiger partial charge is 0.0176 e. The zero-order chi connectivity index (χ0) is 14.8. The summed E-state index contributed by atoms with van der Waals surface area (Å²) in [4.78, 5) is 2.49. The van der Waals surface area contributed by atoms with Crippen LogP contribution in [0.2, 0.25) is 0 Å². The van der Waals surface area contributed by atoms with Gasteiger partial charge in [0.05, 0.1) is 0 Å². The Bertz CT molecular complexity index is 350. The number of nitrogens with zero attached hydrogens (tertiary/aromatic N) is 1. The standard InChI is InChI=1S/C18H32N2/c1-5-7-11-14-20(4)16-18(3,15-19-6-2)17-12-9-8-10-13-17/h8-10,12-13,19H,5-7,11,14-16H2,1-4H3. The van der Waals surface area contributed by atoms with Crippen molar-refractivity contribution in [1.29, 1.82) is 0 Å². The molecule has 0 aliphatic carbocycles. The molecule has 0 aromatic heterocycles. The Morgan fingerprint density at radius 3 is 2.40 bits per heavy atom. The molecule has 2 nitrogen and oxygen atoms in total. The highest BCUT2D eigenvalue weighted by Crippen LogP contribution is 2.24. The molecule has 0 aliphatic heterocycles. The molecule has 0 aliphatic rings. The molecule has 1 unspecified atom stereocenters. The van der Waals surface area contributed by atoms with Crippen LogP contribution in [0.25, 0.3) is 0 Å². The second kappa shape index (κ2) is 9.15. The average molecular weight is 276 g/mol. The molecule has 1 atom stereocenters. The van der Waals surface area contributed by atoms with E-state index in [2.05, 4.69) is 68.4 Å². The van der Waals surface area contributed by atoms with Gasteiger partial charge in [-0.2, -0.15) is 0 Å². The predicted octanol–water partition coefficient (Wildman–Crippen LogP) is 3.68. The fraction of sp³-hybridized carbons (Fsp3) is 0.667. The van der Waals surface area contributed by atoms with Gasteiger partial charge in [-0.1, -0.05) is 63.9 Å². The number of likely N-dealkylation sites (N-methyl/N-ethyl adjacent to an activating group) is 2. The average Bonchev–Trinajstić information content (AvgIpc) is 2.46. The summed E-state index contributed by atoms with van der Waals surface area (Å²) < 4.78 is 0. The molecule has 1 rings (SSSR count). The van der Waals surface area contributed by atoms with Crippen molar-refractivity contribution < 1.29 is 0 Å². The molecule has 0 bridgehead atoms. The van der Waals surface area contributed by atoms with E-state index >= 15 is 0 Å². The van der Waals surface area contributed by atoms with E-state index in [-0.39, 0.29) is 5.41 Å². The number of unbranched alkanes of at least 4 members (excludes halogenated alkanes) is 2. The molecule has 1 N–H and O–H groups in total. The van der Waals surface area contributed by atoms with Crippen LogP contribution in [0.1, 0.15) is 45.6 Å². The maximum atomic E-state index is 3.53. The molecule has 0 heterocycles. The highest BCUT2D eigenvalue weighted by atomic mass is 15.1. The van der Waals surface area contributed by atoms with Crippen LogP contribution in [0, 0.1) is 0 Å². The predicted molar refractivity (Wildman–Crippen MR) is 89.4 cm³/mol. The summed E-state index contributed by atoms with van der Waals surface area (Å²) >= 11 is 0. The van der Waals surface area contributed by atoms with Crippen molar-refractivity contribution in [3.63, 3.8) is 0 Å². The first-order valence-electron chi connectivity index (χ1n) is 8.07. The molecular weight excluding hydrogens is 244 g/mol. The maximum absolute atomic E-state index is 3.53. The quantitative estimate of drug-likeness (QED) is 0.656. The number of hydrogen-bond donors (Lipinski definition) is 1. The zero-order valence-corrected chi connectivity index (χ0v) is 13.8. The Labute approximate surface area is 125 Å². The van der Waals surface area contributed by atoms with Crippen molar-refractivity contribution in [2.45, 2.75) is 45.4 Å². The molecule has 114 valence electrons. The number of nitrogens with one attached hydrogen (secondary N) is 1. The summed E-state index contributed by atoms with van der Waals surface area (Å²) in [5, 5.41) is 3.53. The lowest BCUT2D eigenvalue weighted by Crippen LogP contribution is -2.44. The van der Waals surface area contributed by atoms with Gasteiger partial charge in [-0.05, 0) is 32.1 Å². The van der Waals surface area contributed by atoms with Crippen molar-refractivity contribution >= 4 is 0 Å². The molecule has 0 spiro atoms. The number of benzene rings is 1. The highest BCUT2D eigenvalue weighted by molar-refractivity contribution is 5.25. The Balaban J connectivity index is 2.68. The minimum absolute atomic E-state index is 0.179. The van der Waals surface area contributed by atoms with E-state index < -0.39 is 0 Å². The summed E-state index contributed by atoms with van der Waals surface area (Å²) in [6, 6.07) is 10.9. The van der Waals surface area contributed by atoms with Gasteiger partial charge in [-0.25, -0.2) is 0 Å². The molecule has 0 amide bonds. The summed E-state index contributed by atoms with van der Waals surface area (Å²) in [5.74, 6) is 0. The Morgan fingerprint density at radius 2 is 1.80 bits per heavy atom. The Kier molecular flexibility index (Phi) is 7.86. The van der Waals surface area contributed by atoms with E-state index in [9.17, 15) is 0 Å². The van der Waals surface area contributed by atoms with Crippen LogP contribution < -0.4 is 5.32 Å².